The number of ether oxygens (including phenoxy) is 2. The highest BCUT2D eigenvalue weighted by molar-refractivity contribution is 5.92. The summed E-state index contributed by atoms with van der Waals surface area (Å²) in [6.07, 6.45) is -0.809. The first-order valence-electron chi connectivity index (χ1n) is 6.18. The average molecular weight is 313 g/mol. The average Bonchev–Trinajstić information content (AvgIpc) is 2.39. The van der Waals surface area contributed by atoms with Crippen molar-refractivity contribution in [3.63, 3.8) is 0 Å². The molecule has 0 aliphatic carbocycles. The number of hydrogen-bond acceptors (Lipinski definition) is 7. The molecular formula is C13H15NO8. The summed E-state index contributed by atoms with van der Waals surface area (Å²) in [4.78, 5) is 37.0. The summed E-state index contributed by atoms with van der Waals surface area (Å²) >= 11 is 0. The number of carboxylic acids is 1. The van der Waals surface area contributed by atoms with Crippen LogP contribution in [0.4, 0.5) is 0 Å². The van der Waals surface area contributed by atoms with Crippen LogP contribution in [-0.4, -0.2) is 42.0 Å². The van der Waals surface area contributed by atoms with E-state index >= 15 is 0 Å². The molecule has 0 saturated carbocycles. The minimum absolute atomic E-state index is 0.0327. The van der Waals surface area contributed by atoms with Crippen molar-refractivity contribution in [2.45, 2.75) is 19.4 Å². The minimum Gasteiger partial charge on any atom is -0.478 e. The second-order valence-electron chi connectivity index (χ2n) is 4.34. The number of carbonyl (C=O) groups excluding carboxylic acids is 1. The van der Waals surface area contributed by atoms with E-state index in [0.29, 0.717) is 5.56 Å². The molecule has 9 nitrogen and oxygen atoms in total. The van der Waals surface area contributed by atoms with Gasteiger partial charge < -0.3 is 19.4 Å². The third-order valence-corrected chi connectivity index (χ3v) is 2.58. The van der Waals surface area contributed by atoms with Crippen LogP contribution in [0.2, 0.25) is 0 Å². The number of carbonyl (C=O) groups is 2. The Kier molecular flexibility index (Phi) is 6.26. The molecule has 0 aromatic heterocycles. The van der Waals surface area contributed by atoms with Gasteiger partial charge in [-0.15, -0.1) is 10.1 Å². The van der Waals surface area contributed by atoms with E-state index in [-0.39, 0.29) is 24.3 Å². The number of benzene rings is 1. The fraction of sp³-hybridized carbons (Fsp3) is 0.385. The second kappa shape index (κ2) is 7.93. The summed E-state index contributed by atoms with van der Waals surface area (Å²) < 4.78 is 9.61. The first-order chi connectivity index (χ1) is 10.3. The van der Waals surface area contributed by atoms with E-state index in [1.165, 1.54) is 25.3 Å². The van der Waals surface area contributed by atoms with Crippen molar-refractivity contribution in [1.29, 1.82) is 0 Å². The van der Waals surface area contributed by atoms with Gasteiger partial charge in [-0.25, -0.2) is 4.79 Å². The molecule has 0 saturated heterocycles. The SMILES string of the molecule is COCC(Cc1ccc(OC(C)=O)c(C(=O)O)c1)O[N+](=O)[O-]. The van der Waals surface area contributed by atoms with E-state index in [9.17, 15) is 19.7 Å². The fourth-order valence-electron chi connectivity index (χ4n) is 1.81. The van der Waals surface area contributed by atoms with E-state index in [1.54, 1.807) is 0 Å². The van der Waals surface area contributed by atoms with Crippen LogP contribution in [0.3, 0.4) is 0 Å². The molecule has 1 aromatic rings. The molecular weight excluding hydrogens is 298 g/mol. The van der Waals surface area contributed by atoms with E-state index in [1.807, 2.05) is 0 Å². The van der Waals surface area contributed by atoms with E-state index in [2.05, 4.69) is 4.84 Å². The van der Waals surface area contributed by atoms with Crippen LogP contribution >= 0.6 is 0 Å². The van der Waals surface area contributed by atoms with Crippen LogP contribution in [-0.2, 0) is 20.8 Å². The maximum atomic E-state index is 11.2. The molecule has 0 fully saturated rings. The number of esters is 1. The fourth-order valence-corrected chi connectivity index (χ4v) is 1.81. The predicted molar refractivity (Wildman–Crippen MR) is 72.2 cm³/mol. The maximum Gasteiger partial charge on any atom is 0.339 e. The molecule has 22 heavy (non-hydrogen) atoms. The van der Waals surface area contributed by atoms with Crippen LogP contribution in [0, 0.1) is 10.1 Å². The van der Waals surface area contributed by atoms with Crippen molar-refractivity contribution < 1.29 is 34.1 Å². The Balaban J connectivity index is 2.99. The lowest BCUT2D eigenvalue weighted by molar-refractivity contribution is -0.769. The molecule has 1 N–H and O–H groups in total. The maximum absolute atomic E-state index is 11.2. The van der Waals surface area contributed by atoms with Crippen LogP contribution in [0.5, 0.6) is 5.75 Å². The Morgan fingerprint density at radius 3 is 2.59 bits per heavy atom. The van der Waals surface area contributed by atoms with E-state index in [0.717, 1.165) is 6.92 Å². The van der Waals surface area contributed by atoms with Gasteiger partial charge >= 0.3 is 11.9 Å². The molecule has 1 unspecified atom stereocenters. The van der Waals surface area contributed by atoms with Crippen LogP contribution in [0.25, 0.3) is 0 Å². The number of nitrogens with zero attached hydrogens (tertiary/aromatic N) is 1. The van der Waals surface area contributed by atoms with E-state index in [4.69, 9.17) is 14.6 Å². The molecule has 1 rings (SSSR count). The summed E-state index contributed by atoms with van der Waals surface area (Å²) in [5, 5.41) is 18.6. The largest absolute Gasteiger partial charge is 0.478 e. The van der Waals surface area contributed by atoms with Gasteiger partial charge in [-0.3, -0.25) is 4.79 Å². The van der Waals surface area contributed by atoms with Crippen molar-refractivity contribution in [2.24, 2.45) is 0 Å². The Hall–Kier alpha value is -2.68. The Labute approximate surface area is 125 Å². The van der Waals surface area contributed by atoms with E-state index < -0.39 is 23.1 Å². The molecule has 9 heteroatoms. The first kappa shape index (κ1) is 17.4. The van der Waals surface area contributed by atoms with Gasteiger partial charge in [0.2, 0.25) is 0 Å². The monoisotopic (exact) mass is 313 g/mol. The number of hydrogen-bond donors (Lipinski definition) is 1. The summed E-state index contributed by atoms with van der Waals surface area (Å²) in [6.45, 7) is 1.12. The molecule has 1 aromatic carbocycles. The van der Waals surface area contributed by atoms with Crippen LogP contribution in [0.15, 0.2) is 18.2 Å². The molecule has 0 bridgehead atoms. The van der Waals surface area contributed by atoms with Crippen molar-refractivity contribution in [3.05, 3.63) is 39.4 Å². The topological polar surface area (TPSA) is 125 Å². The molecule has 0 radical (unpaired) electrons. The van der Waals surface area contributed by atoms with Gasteiger partial charge in [0.25, 0.3) is 5.09 Å². The van der Waals surface area contributed by atoms with Crippen molar-refractivity contribution in [1.82, 2.24) is 0 Å². The lowest BCUT2D eigenvalue weighted by Crippen LogP contribution is -2.25. The van der Waals surface area contributed by atoms with Crippen LogP contribution in [0.1, 0.15) is 22.8 Å². The zero-order chi connectivity index (χ0) is 16.7. The molecule has 120 valence electrons. The van der Waals surface area contributed by atoms with Gasteiger partial charge in [-0.1, -0.05) is 6.07 Å². The summed E-state index contributed by atoms with van der Waals surface area (Å²) in [5.41, 5.74) is 0.252. The third-order valence-electron chi connectivity index (χ3n) is 2.58. The number of carboxylic acid groups (broad SMARTS) is 1. The highest BCUT2D eigenvalue weighted by atomic mass is 17.0. The summed E-state index contributed by atoms with van der Waals surface area (Å²) in [6, 6.07) is 4.08. The van der Waals surface area contributed by atoms with Crippen molar-refractivity contribution in [2.75, 3.05) is 13.7 Å². The highest BCUT2D eigenvalue weighted by Crippen LogP contribution is 2.22. The van der Waals surface area contributed by atoms with Gasteiger partial charge in [0.15, 0.2) is 0 Å². The molecule has 0 amide bonds. The summed E-state index contributed by atoms with van der Waals surface area (Å²) in [7, 11) is 1.36. The number of aromatic carboxylic acids is 1. The molecule has 0 spiro atoms. The Morgan fingerprint density at radius 1 is 1.41 bits per heavy atom. The first-order valence-corrected chi connectivity index (χ1v) is 6.18. The third kappa shape index (κ3) is 5.37. The van der Waals surface area contributed by atoms with Gasteiger partial charge in [-0.2, -0.15) is 0 Å². The molecule has 0 aliphatic rings. The zero-order valence-corrected chi connectivity index (χ0v) is 12.0. The normalized spacial score (nSPS) is 11.5. The van der Waals surface area contributed by atoms with Crippen molar-refractivity contribution >= 4 is 11.9 Å². The lowest BCUT2D eigenvalue weighted by Gasteiger charge is -2.15. The second-order valence-corrected chi connectivity index (χ2v) is 4.34. The highest BCUT2D eigenvalue weighted by Gasteiger charge is 2.18. The predicted octanol–water partition coefficient (Wildman–Crippen LogP) is 1.08. The molecule has 0 heterocycles. The lowest BCUT2D eigenvalue weighted by atomic mass is 10.0. The zero-order valence-electron chi connectivity index (χ0n) is 12.0. The molecule has 0 aliphatic heterocycles. The van der Waals surface area contributed by atoms with Crippen molar-refractivity contribution in [3.8, 4) is 5.75 Å². The number of rotatable bonds is 8. The number of methoxy groups -OCH3 is 1. The summed E-state index contributed by atoms with van der Waals surface area (Å²) in [5.74, 6) is -2.02. The Morgan fingerprint density at radius 2 is 2.09 bits per heavy atom. The standard InChI is InChI=1S/C13H15NO8/c1-8(15)21-12-4-3-9(6-11(12)13(16)17)5-10(7-20-2)22-14(18)19/h3-4,6,10H,5,7H2,1-2H3,(H,16,17). The van der Waals surface area contributed by atoms with Gasteiger partial charge in [0.1, 0.15) is 17.4 Å². The van der Waals surface area contributed by atoms with Crippen LogP contribution < -0.4 is 4.74 Å². The quantitative estimate of drug-likeness (QED) is 0.327. The minimum atomic E-state index is -1.28. The van der Waals surface area contributed by atoms with Gasteiger partial charge in [0, 0.05) is 20.5 Å². The smallest absolute Gasteiger partial charge is 0.339 e. The van der Waals surface area contributed by atoms with Gasteiger partial charge in [0.05, 0.1) is 6.61 Å². The Bertz CT molecular complexity index is 571. The van der Waals surface area contributed by atoms with Gasteiger partial charge in [-0.05, 0) is 17.7 Å². The molecule has 1 atom stereocenters.